The van der Waals surface area contributed by atoms with Crippen molar-refractivity contribution in [1.29, 1.82) is 0 Å². The molecular weight excluding hydrogens is 225 g/mol. The summed E-state index contributed by atoms with van der Waals surface area (Å²) in [5, 5.41) is 0. The number of nitrogens with zero attached hydrogens (tertiary/aromatic N) is 3. The van der Waals surface area contributed by atoms with Crippen molar-refractivity contribution >= 4 is 5.95 Å². The smallest absolute Gasteiger partial charge is 0.225 e. The summed E-state index contributed by atoms with van der Waals surface area (Å²) in [6.07, 6.45) is 3.98. The molecule has 0 amide bonds. The Labute approximate surface area is 98.6 Å². The zero-order chi connectivity index (χ0) is 11.7. The Bertz CT molecular complexity index is 382. The van der Waals surface area contributed by atoms with Gasteiger partial charge in [-0.3, -0.25) is 0 Å². The van der Waals surface area contributed by atoms with Gasteiger partial charge < -0.3 is 14.4 Å². The third-order valence-electron chi connectivity index (χ3n) is 3.23. The predicted octanol–water partition coefficient (Wildman–Crippen LogP) is 0.959. The molecule has 0 unspecified atom stereocenters. The molecule has 0 bridgehead atoms. The average molecular weight is 239 g/mol. The Hall–Kier alpha value is -1.27. The second kappa shape index (κ2) is 4.19. The minimum absolute atomic E-state index is 0.392. The maximum Gasteiger partial charge on any atom is 0.225 e. The van der Waals surface area contributed by atoms with Crippen LogP contribution in [-0.4, -0.2) is 42.1 Å². The molecule has 2 saturated heterocycles. The molecule has 3 rings (SSSR count). The Morgan fingerprint density at radius 3 is 2.29 bits per heavy atom. The van der Waals surface area contributed by atoms with Crippen LogP contribution in [0, 0.1) is 5.82 Å². The van der Waals surface area contributed by atoms with Crippen LogP contribution in [0.5, 0.6) is 0 Å². The van der Waals surface area contributed by atoms with E-state index >= 15 is 0 Å². The van der Waals surface area contributed by atoms with Crippen LogP contribution in [0.25, 0.3) is 0 Å². The zero-order valence-electron chi connectivity index (χ0n) is 9.43. The van der Waals surface area contributed by atoms with E-state index in [0.29, 0.717) is 19.2 Å². The van der Waals surface area contributed by atoms with E-state index in [1.165, 1.54) is 12.4 Å². The van der Waals surface area contributed by atoms with E-state index in [9.17, 15) is 4.39 Å². The van der Waals surface area contributed by atoms with E-state index in [2.05, 4.69) is 9.97 Å². The number of piperidine rings is 1. The molecule has 1 spiro atoms. The van der Waals surface area contributed by atoms with Gasteiger partial charge in [0.1, 0.15) is 0 Å². The first-order valence-corrected chi connectivity index (χ1v) is 5.78. The fourth-order valence-corrected chi connectivity index (χ4v) is 2.30. The molecule has 2 fully saturated rings. The van der Waals surface area contributed by atoms with Crippen molar-refractivity contribution < 1.29 is 13.9 Å². The number of anilines is 1. The van der Waals surface area contributed by atoms with E-state index < -0.39 is 11.6 Å². The summed E-state index contributed by atoms with van der Waals surface area (Å²) in [5.41, 5.74) is 0. The maximum absolute atomic E-state index is 12.7. The lowest BCUT2D eigenvalue weighted by Crippen LogP contribution is -2.45. The van der Waals surface area contributed by atoms with E-state index in [-0.39, 0.29) is 0 Å². The molecule has 0 radical (unpaired) electrons. The highest BCUT2D eigenvalue weighted by molar-refractivity contribution is 5.29. The molecule has 0 aliphatic carbocycles. The van der Waals surface area contributed by atoms with Gasteiger partial charge in [0.15, 0.2) is 11.6 Å². The zero-order valence-corrected chi connectivity index (χ0v) is 9.43. The Morgan fingerprint density at radius 1 is 1.12 bits per heavy atom. The van der Waals surface area contributed by atoms with E-state index in [0.717, 1.165) is 25.9 Å². The molecular formula is C11H14FN3O2. The van der Waals surface area contributed by atoms with Crippen LogP contribution in [-0.2, 0) is 9.47 Å². The molecule has 2 aliphatic heterocycles. The highest BCUT2D eigenvalue weighted by atomic mass is 19.1. The number of hydrogen-bond donors (Lipinski definition) is 0. The van der Waals surface area contributed by atoms with Crippen molar-refractivity contribution in [3.05, 3.63) is 18.2 Å². The molecule has 0 N–H and O–H groups in total. The number of hydrogen-bond acceptors (Lipinski definition) is 5. The van der Waals surface area contributed by atoms with Crippen molar-refractivity contribution in [2.45, 2.75) is 18.6 Å². The van der Waals surface area contributed by atoms with Gasteiger partial charge in [0.05, 0.1) is 25.6 Å². The van der Waals surface area contributed by atoms with Crippen molar-refractivity contribution in [3.63, 3.8) is 0 Å². The van der Waals surface area contributed by atoms with Gasteiger partial charge in [-0.2, -0.15) is 0 Å². The fraction of sp³-hybridized carbons (Fsp3) is 0.636. The molecule has 0 saturated carbocycles. The largest absolute Gasteiger partial charge is 0.347 e. The first-order chi connectivity index (χ1) is 8.27. The molecule has 3 heterocycles. The molecule has 2 aliphatic rings. The lowest BCUT2D eigenvalue weighted by molar-refractivity contribution is -0.169. The number of ether oxygens (including phenoxy) is 2. The van der Waals surface area contributed by atoms with Crippen LogP contribution in [0.2, 0.25) is 0 Å². The van der Waals surface area contributed by atoms with Gasteiger partial charge in [-0.05, 0) is 0 Å². The van der Waals surface area contributed by atoms with Gasteiger partial charge in [0.2, 0.25) is 5.95 Å². The first-order valence-electron chi connectivity index (χ1n) is 5.78. The monoisotopic (exact) mass is 239 g/mol. The summed E-state index contributed by atoms with van der Waals surface area (Å²) < 4.78 is 24.0. The molecule has 6 heteroatoms. The second-order valence-electron chi connectivity index (χ2n) is 4.30. The molecule has 0 aromatic carbocycles. The molecule has 92 valence electrons. The van der Waals surface area contributed by atoms with Crippen molar-refractivity contribution in [3.8, 4) is 0 Å². The molecule has 5 nitrogen and oxygen atoms in total. The van der Waals surface area contributed by atoms with E-state index in [4.69, 9.17) is 9.47 Å². The number of halogens is 1. The standard InChI is InChI=1S/C11H14FN3O2/c12-9-7-13-10(14-8-9)15-3-1-11(2-4-15)16-5-6-17-11/h7-8H,1-6H2. The Kier molecular flexibility index (Phi) is 2.68. The van der Waals surface area contributed by atoms with Crippen LogP contribution >= 0.6 is 0 Å². The van der Waals surface area contributed by atoms with Crippen LogP contribution < -0.4 is 4.90 Å². The van der Waals surface area contributed by atoms with Gasteiger partial charge in [0, 0.05) is 25.9 Å². The predicted molar refractivity (Wildman–Crippen MR) is 58.1 cm³/mol. The van der Waals surface area contributed by atoms with Crippen LogP contribution in [0.4, 0.5) is 10.3 Å². The van der Waals surface area contributed by atoms with Gasteiger partial charge >= 0.3 is 0 Å². The lowest BCUT2D eigenvalue weighted by atomic mass is 10.0. The van der Waals surface area contributed by atoms with Gasteiger partial charge in [-0.25, -0.2) is 14.4 Å². The average Bonchev–Trinajstić information content (AvgIpc) is 2.80. The van der Waals surface area contributed by atoms with Crippen LogP contribution in [0.15, 0.2) is 12.4 Å². The normalized spacial score (nSPS) is 23.2. The van der Waals surface area contributed by atoms with E-state index in [1.807, 2.05) is 4.90 Å². The number of aromatic nitrogens is 2. The summed E-state index contributed by atoms with van der Waals surface area (Å²) in [6.45, 7) is 2.89. The summed E-state index contributed by atoms with van der Waals surface area (Å²) in [6, 6.07) is 0. The summed E-state index contributed by atoms with van der Waals surface area (Å²) in [5.74, 6) is -0.236. The van der Waals surface area contributed by atoms with Gasteiger partial charge in [-0.15, -0.1) is 0 Å². The third-order valence-corrected chi connectivity index (χ3v) is 3.23. The third kappa shape index (κ3) is 2.10. The lowest BCUT2D eigenvalue weighted by Gasteiger charge is -2.37. The fourth-order valence-electron chi connectivity index (χ4n) is 2.30. The molecule has 0 atom stereocenters. The minimum atomic E-state index is -0.412. The quantitative estimate of drug-likeness (QED) is 0.730. The van der Waals surface area contributed by atoms with Crippen molar-refractivity contribution in [2.24, 2.45) is 0 Å². The summed E-state index contributed by atoms with van der Waals surface area (Å²) in [4.78, 5) is 9.97. The van der Waals surface area contributed by atoms with Crippen LogP contribution in [0.3, 0.4) is 0 Å². The topological polar surface area (TPSA) is 47.5 Å². The second-order valence-corrected chi connectivity index (χ2v) is 4.30. The highest BCUT2D eigenvalue weighted by Crippen LogP contribution is 2.32. The maximum atomic E-state index is 12.7. The molecule has 1 aromatic rings. The highest BCUT2D eigenvalue weighted by Gasteiger charge is 2.40. The minimum Gasteiger partial charge on any atom is -0.347 e. The van der Waals surface area contributed by atoms with Crippen molar-refractivity contribution in [1.82, 2.24) is 9.97 Å². The Morgan fingerprint density at radius 2 is 1.71 bits per heavy atom. The Balaban J connectivity index is 1.66. The van der Waals surface area contributed by atoms with Crippen molar-refractivity contribution in [2.75, 3.05) is 31.2 Å². The van der Waals surface area contributed by atoms with Gasteiger partial charge in [-0.1, -0.05) is 0 Å². The van der Waals surface area contributed by atoms with E-state index in [1.54, 1.807) is 0 Å². The number of rotatable bonds is 1. The SMILES string of the molecule is Fc1cnc(N2CCC3(CC2)OCCO3)nc1. The van der Waals surface area contributed by atoms with Gasteiger partial charge in [0.25, 0.3) is 0 Å². The first kappa shape index (κ1) is 10.9. The molecule has 1 aromatic heterocycles. The van der Waals surface area contributed by atoms with Crippen LogP contribution in [0.1, 0.15) is 12.8 Å². The summed E-state index contributed by atoms with van der Waals surface area (Å²) >= 11 is 0. The summed E-state index contributed by atoms with van der Waals surface area (Å²) in [7, 11) is 0. The molecule has 17 heavy (non-hydrogen) atoms.